The number of carbonyl (C=O) groups excluding carboxylic acids is 1. The van der Waals surface area contributed by atoms with Gasteiger partial charge in [-0.15, -0.1) is 6.58 Å². The zero-order valence-corrected chi connectivity index (χ0v) is 13.7. The van der Waals surface area contributed by atoms with Crippen molar-refractivity contribution in [2.75, 3.05) is 6.54 Å². The summed E-state index contributed by atoms with van der Waals surface area (Å²) in [7, 11) is 0. The zero-order chi connectivity index (χ0) is 16.6. The largest absolute Gasteiger partial charge is 0.480 e. The predicted octanol–water partition coefficient (Wildman–Crippen LogP) is 2.99. The van der Waals surface area contributed by atoms with Gasteiger partial charge in [0.2, 0.25) is 5.91 Å². The van der Waals surface area contributed by atoms with E-state index in [-0.39, 0.29) is 5.91 Å². The Labute approximate surface area is 134 Å². The lowest BCUT2D eigenvalue weighted by Crippen LogP contribution is -2.40. The number of hydrogen-bond acceptors (Lipinski definition) is 3. The first-order chi connectivity index (χ1) is 10.6. The second-order valence-corrected chi connectivity index (χ2v) is 5.69. The number of rotatable bonds is 15. The van der Waals surface area contributed by atoms with E-state index in [2.05, 4.69) is 11.9 Å². The van der Waals surface area contributed by atoms with E-state index >= 15 is 0 Å². The molecular weight excluding hydrogens is 280 g/mol. The first kappa shape index (κ1) is 20.6. The Hall–Kier alpha value is -1.36. The van der Waals surface area contributed by atoms with Crippen molar-refractivity contribution in [2.45, 2.75) is 76.7 Å². The number of carbonyl (C=O) groups is 2. The van der Waals surface area contributed by atoms with Gasteiger partial charge >= 0.3 is 5.97 Å². The molecule has 0 spiro atoms. The van der Waals surface area contributed by atoms with Gasteiger partial charge in [-0.1, -0.05) is 31.8 Å². The van der Waals surface area contributed by atoms with Crippen molar-refractivity contribution in [3.8, 4) is 0 Å². The number of allylic oxidation sites excluding steroid dienone is 1. The summed E-state index contributed by atoms with van der Waals surface area (Å²) >= 11 is 0. The van der Waals surface area contributed by atoms with Crippen LogP contribution >= 0.6 is 0 Å². The number of nitrogens with one attached hydrogen (secondary N) is 1. The average Bonchev–Trinajstić information content (AvgIpc) is 2.49. The standard InChI is InChI=1S/C17H32N2O3/c1-2-3-4-5-6-7-8-9-13-16(20)19-15(17(21)22)12-10-11-14-18/h2,15H,1,3-14,18H2,(H,19,20)(H,21,22)/t15-/m0/s1. The fourth-order valence-corrected chi connectivity index (χ4v) is 2.30. The van der Waals surface area contributed by atoms with Gasteiger partial charge in [-0.25, -0.2) is 4.79 Å². The van der Waals surface area contributed by atoms with E-state index in [1.807, 2.05) is 6.08 Å². The average molecular weight is 312 g/mol. The SMILES string of the molecule is C=CCCCCCCCCC(=O)N[C@@H](CCCCN)C(=O)O. The first-order valence-electron chi connectivity index (χ1n) is 8.45. The molecule has 128 valence electrons. The molecule has 0 aliphatic rings. The van der Waals surface area contributed by atoms with Crippen LogP contribution in [0.5, 0.6) is 0 Å². The molecule has 0 aromatic rings. The molecule has 0 heterocycles. The highest BCUT2D eigenvalue weighted by Crippen LogP contribution is 2.09. The number of hydrogen-bond donors (Lipinski definition) is 3. The summed E-state index contributed by atoms with van der Waals surface area (Å²) in [5, 5.41) is 11.7. The molecule has 5 nitrogen and oxygen atoms in total. The molecule has 0 aliphatic heterocycles. The Morgan fingerprint density at radius 2 is 1.68 bits per heavy atom. The maximum absolute atomic E-state index is 11.8. The van der Waals surface area contributed by atoms with Crippen molar-refractivity contribution < 1.29 is 14.7 Å². The molecule has 0 radical (unpaired) electrons. The molecule has 22 heavy (non-hydrogen) atoms. The molecule has 5 heteroatoms. The maximum Gasteiger partial charge on any atom is 0.326 e. The molecule has 0 fully saturated rings. The fourth-order valence-electron chi connectivity index (χ4n) is 2.30. The maximum atomic E-state index is 11.8. The Morgan fingerprint density at radius 1 is 1.05 bits per heavy atom. The van der Waals surface area contributed by atoms with Crippen LogP contribution in [0, 0.1) is 0 Å². The van der Waals surface area contributed by atoms with Crippen molar-refractivity contribution in [1.29, 1.82) is 0 Å². The minimum absolute atomic E-state index is 0.160. The number of unbranched alkanes of at least 4 members (excludes halogenated alkanes) is 7. The molecule has 0 bridgehead atoms. The van der Waals surface area contributed by atoms with Crippen molar-refractivity contribution >= 4 is 11.9 Å². The van der Waals surface area contributed by atoms with E-state index in [0.717, 1.165) is 38.5 Å². The highest BCUT2D eigenvalue weighted by atomic mass is 16.4. The van der Waals surface area contributed by atoms with Crippen molar-refractivity contribution in [1.82, 2.24) is 5.32 Å². The van der Waals surface area contributed by atoms with Crippen LogP contribution in [-0.4, -0.2) is 29.6 Å². The lowest BCUT2D eigenvalue weighted by molar-refractivity contribution is -0.142. The first-order valence-corrected chi connectivity index (χ1v) is 8.45. The summed E-state index contributed by atoms with van der Waals surface area (Å²) in [5.74, 6) is -1.13. The van der Waals surface area contributed by atoms with Crippen LogP contribution < -0.4 is 11.1 Å². The number of carboxylic acid groups (broad SMARTS) is 1. The van der Waals surface area contributed by atoms with Crippen LogP contribution in [0.25, 0.3) is 0 Å². The molecule has 1 atom stereocenters. The highest BCUT2D eigenvalue weighted by molar-refractivity contribution is 5.83. The van der Waals surface area contributed by atoms with E-state index in [1.54, 1.807) is 0 Å². The molecule has 0 aromatic carbocycles. The van der Waals surface area contributed by atoms with Crippen molar-refractivity contribution in [3.63, 3.8) is 0 Å². The summed E-state index contributed by atoms with van der Waals surface area (Å²) in [6.45, 7) is 4.24. The van der Waals surface area contributed by atoms with E-state index in [0.29, 0.717) is 19.4 Å². The summed E-state index contributed by atoms with van der Waals surface area (Å²) in [6.07, 6.45) is 11.9. The molecule has 0 unspecified atom stereocenters. The second-order valence-electron chi connectivity index (χ2n) is 5.69. The lowest BCUT2D eigenvalue weighted by atomic mass is 10.1. The monoisotopic (exact) mass is 312 g/mol. The van der Waals surface area contributed by atoms with Crippen molar-refractivity contribution in [3.05, 3.63) is 12.7 Å². The summed E-state index contributed by atoms with van der Waals surface area (Å²) in [6, 6.07) is -0.780. The van der Waals surface area contributed by atoms with Gasteiger partial charge in [0.05, 0.1) is 0 Å². The smallest absolute Gasteiger partial charge is 0.326 e. The number of nitrogens with two attached hydrogens (primary N) is 1. The van der Waals surface area contributed by atoms with Gasteiger partial charge < -0.3 is 16.2 Å². The van der Waals surface area contributed by atoms with Crippen LogP contribution in [0.1, 0.15) is 70.6 Å². The van der Waals surface area contributed by atoms with Gasteiger partial charge in [0.25, 0.3) is 0 Å². The zero-order valence-electron chi connectivity index (χ0n) is 13.7. The predicted molar refractivity (Wildman–Crippen MR) is 89.6 cm³/mol. The summed E-state index contributed by atoms with van der Waals surface area (Å²) in [5.41, 5.74) is 5.38. The van der Waals surface area contributed by atoms with Crippen LogP contribution in [-0.2, 0) is 9.59 Å². The molecule has 0 saturated carbocycles. The summed E-state index contributed by atoms with van der Waals surface area (Å²) in [4.78, 5) is 22.8. The van der Waals surface area contributed by atoms with Gasteiger partial charge in [0, 0.05) is 6.42 Å². The molecule has 1 amide bonds. The van der Waals surface area contributed by atoms with Crippen LogP contribution in [0.2, 0.25) is 0 Å². The Balaban J connectivity index is 3.67. The molecule has 0 rings (SSSR count). The number of aliphatic carboxylic acids is 1. The molecule has 0 saturated heterocycles. The number of amides is 1. The number of carboxylic acids is 1. The molecule has 0 aromatic heterocycles. The molecular formula is C17H32N2O3. The Kier molecular flexibility index (Phi) is 13.7. The van der Waals surface area contributed by atoms with Gasteiger partial charge in [0.1, 0.15) is 6.04 Å². The molecule has 0 aliphatic carbocycles. The highest BCUT2D eigenvalue weighted by Gasteiger charge is 2.18. The Morgan fingerprint density at radius 3 is 2.27 bits per heavy atom. The lowest BCUT2D eigenvalue weighted by Gasteiger charge is -2.14. The third-order valence-electron chi connectivity index (χ3n) is 3.64. The van der Waals surface area contributed by atoms with E-state index < -0.39 is 12.0 Å². The van der Waals surface area contributed by atoms with Crippen LogP contribution in [0.3, 0.4) is 0 Å². The Bertz CT molecular complexity index is 319. The van der Waals surface area contributed by atoms with Crippen molar-refractivity contribution in [2.24, 2.45) is 5.73 Å². The minimum atomic E-state index is -0.965. The minimum Gasteiger partial charge on any atom is -0.480 e. The van der Waals surface area contributed by atoms with Gasteiger partial charge in [-0.2, -0.15) is 0 Å². The quantitative estimate of drug-likeness (QED) is 0.320. The normalized spacial score (nSPS) is 11.9. The van der Waals surface area contributed by atoms with Gasteiger partial charge in [-0.3, -0.25) is 4.79 Å². The van der Waals surface area contributed by atoms with E-state index in [4.69, 9.17) is 10.8 Å². The van der Waals surface area contributed by atoms with Gasteiger partial charge in [-0.05, 0) is 45.1 Å². The fraction of sp³-hybridized carbons (Fsp3) is 0.765. The van der Waals surface area contributed by atoms with E-state index in [9.17, 15) is 9.59 Å². The van der Waals surface area contributed by atoms with Gasteiger partial charge in [0.15, 0.2) is 0 Å². The molecule has 4 N–H and O–H groups in total. The second kappa shape index (κ2) is 14.6. The van der Waals surface area contributed by atoms with Crippen LogP contribution in [0.15, 0.2) is 12.7 Å². The topological polar surface area (TPSA) is 92.4 Å². The summed E-state index contributed by atoms with van der Waals surface area (Å²) < 4.78 is 0. The van der Waals surface area contributed by atoms with Crippen LogP contribution in [0.4, 0.5) is 0 Å². The van der Waals surface area contributed by atoms with E-state index in [1.165, 1.54) is 19.3 Å². The third kappa shape index (κ3) is 12.4. The third-order valence-corrected chi connectivity index (χ3v) is 3.64.